The maximum absolute atomic E-state index is 6.12. The third-order valence-corrected chi connectivity index (χ3v) is 3.16. The predicted molar refractivity (Wildman–Crippen MR) is 45.9 cm³/mol. The van der Waals surface area contributed by atoms with Crippen molar-refractivity contribution in [3.05, 3.63) is 0 Å². The third kappa shape index (κ3) is 1.26. The summed E-state index contributed by atoms with van der Waals surface area (Å²) in [5.74, 6) is 0.687. The maximum atomic E-state index is 6.12. The van der Waals surface area contributed by atoms with Gasteiger partial charge in [-0.2, -0.15) is 0 Å². The van der Waals surface area contributed by atoms with Crippen LogP contribution in [0.3, 0.4) is 0 Å². The minimum Gasteiger partial charge on any atom is -0.378 e. The van der Waals surface area contributed by atoms with Crippen LogP contribution in [-0.4, -0.2) is 32.0 Å². The number of nitrogens with two attached hydrogens (primary N) is 1. The zero-order valence-corrected chi connectivity index (χ0v) is 7.58. The van der Waals surface area contributed by atoms with E-state index in [1.54, 1.807) is 7.11 Å². The van der Waals surface area contributed by atoms with E-state index in [2.05, 4.69) is 0 Å². The van der Waals surface area contributed by atoms with Gasteiger partial charge in [0.1, 0.15) is 5.60 Å². The van der Waals surface area contributed by atoms with Crippen molar-refractivity contribution >= 4 is 0 Å². The highest BCUT2D eigenvalue weighted by atomic mass is 16.5. The van der Waals surface area contributed by atoms with E-state index < -0.39 is 0 Å². The smallest absolute Gasteiger partial charge is 0.108 e. The molecule has 0 bridgehead atoms. The lowest BCUT2D eigenvalue weighted by atomic mass is 9.90. The van der Waals surface area contributed by atoms with Crippen LogP contribution in [0.5, 0.6) is 0 Å². The average Bonchev–Trinajstić information content (AvgIpc) is 2.83. The molecule has 2 atom stereocenters. The lowest BCUT2D eigenvalue weighted by molar-refractivity contribution is -0.0409. The summed E-state index contributed by atoms with van der Waals surface area (Å²) in [6.45, 7) is 1.48. The van der Waals surface area contributed by atoms with Gasteiger partial charge in [-0.05, 0) is 18.8 Å². The van der Waals surface area contributed by atoms with Crippen LogP contribution in [0.2, 0.25) is 0 Å². The molecule has 2 N–H and O–H groups in total. The van der Waals surface area contributed by atoms with E-state index in [9.17, 15) is 0 Å². The number of ether oxygens (including phenoxy) is 2. The first-order chi connectivity index (χ1) is 5.78. The quantitative estimate of drug-likeness (QED) is 0.673. The molecule has 70 valence electrons. The van der Waals surface area contributed by atoms with Crippen LogP contribution >= 0.6 is 0 Å². The van der Waals surface area contributed by atoms with Crippen molar-refractivity contribution in [2.75, 3.05) is 20.3 Å². The largest absolute Gasteiger partial charge is 0.378 e. The van der Waals surface area contributed by atoms with E-state index in [-0.39, 0.29) is 11.6 Å². The fraction of sp³-hybridized carbons (Fsp3) is 1.00. The fourth-order valence-electron chi connectivity index (χ4n) is 2.01. The molecule has 0 amide bonds. The second-order valence-corrected chi connectivity index (χ2v) is 3.93. The Bertz CT molecular complexity index is 162. The Kier molecular flexibility index (Phi) is 2.10. The molecule has 2 aliphatic rings. The first kappa shape index (κ1) is 8.48. The summed E-state index contributed by atoms with van der Waals surface area (Å²) in [5.41, 5.74) is 5.96. The maximum Gasteiger partial charge on any atom is 0.108 e. The topological polar surface area (TPSA) is 44.5 Å². The van der Waals surface area contributed by atoms with Crippen LogP contribution < -0.4 is 5.73 Å². The van der Waals surface area contributed by atoms with Crippen molar-refractivity contribution in [2.45, 2.75) is 30.9 Å². The highest BCUT2D eigenvalue weighted by molar-refractivity contribution is 5.01. The molecule has 1 heterocycles. The van der Waals surface area contributed by atoms with Crippen LogP contribution in [0.25, 0.3) is 0 Å². The van der Waals surface area contributed by atoms with E-state index in [1.807, 2.05) is 0 Å². The van der Waals surface area contributed by atoms with Crippen LogP contribution in [-0.2, 0) is 9.47 Å². The molecule has 0 aromatic rings. The Labute approximate surface area is 73.2 Å². The van der Waals surface area contributed by atoms with Gasteiger partial charge in [0, 0.05) is 26.2 Å². The monoisotopic (exact) mass is 171 g/mol. The van der Waals surface area contributed by atoms with Crippen LogP contribution in [0.15, 0.2) is 0 Å². The van der Waals surface area contributed by atoms with Crippen molar-refractivity contribution in [2.24, 2.45) is 11.7 Å². The molecule has 2 unspecified atom stereocenters. The molecule has 0 spiro atoms. The van der Waals surface area contributed by atoms with E-state index in [0.29, 0.717) is 12.5 Å². The Morgan fingerprint density at radius 2 is 2.33 bits per heavy atom. The van der Waals surface area contributed by atoms with E-state index in [1.165, 1.54) is 12.8 Å². The van der Waals surface area contributed by atoms with Gasteiger partial charge in [-0.25, -0.2) is 0 Å². The van der Waals surface area contributed by atoms with Gasteiger partial charge in [0.05, 0.1) is 6.61 Å². The Morgan fingerprint density at radius 3 is 2.75 bits per heavy atom. The minimum atomic E-state index is -0.166. The highest BCUT2D eigenvalue weighted by Crippen LogP contribution is 2.40. The summed E-state index contributed by atoms with van der Waals surface area (Å²) in [5, 5.41) is 0. The lowest BCUT2D eigenvalue weighted by Gasteiger charge is -2.32. The van der Waals surface area contributed by atoms with Gasteiger partial charge in [-0.15, -0.1) is 0 Å². The Balaban J connectivity index is 2.03. The molecule has 0 aromatic carbocycles. The molecule has 1 saturated carbocycles. The molecule has 3 nitrogen and oxygen atoms in total. The van der Waals surface area contributed by atoms with E-state index in [4.69, 9.17) is 15.2 Å². The molecule has 1 saturated heterocycles. The van der Waals surface area contributed by atoms with Crippen LogP contribution in [0.4, 0.5) is 0 Å². The number of hydrogen-bond donors (Lipinski definition) is 1. The third-order valence-electron chi connectivity index (χ3n) is 3.16. The summed E-state index contributed by atoms with van der Waals surface area (Å²) >= 11 is 0. The zero-order chi connectivity index (χ0) is 8.60. The van der Waals surface area contributed by atoms with Crippen LogP contribution in [0, 0.1) is 5.92 Å². The van der Waals surface area contributed by atoms with Gasteiger partial charge in [0.25, 0.3) is 0 Å². The summed E-state index contributed by atoms with van der Waals surface area (Å²) in [7, 11) is 1.75. The minimum absolute atomic E-state index is 0.166. The first-order valence-corrected chi connectivity index (χ1v) is 4.67. The summed E-state index contributed by atoms with van der Waals surface area (Å²) in [6, 6.07) is 0.185. The molecule has 12 heavy (non-hydrogen) atoms. The van der Waals surface area contributed by atoms with Crippen molar-refractivity contribution in [1.82, 2.24) is 0 Å². The summed E-state index contributed by atoms with van der Waals surface area (Å²) < 4.78 is 10.9. The lowest BCUT2D eigenvalue weighted by Crippen LogP contribution is -2.51. The van der Waals surface area contributed by atoms with Gasteiger partial charge < -0.3 is 15.2 Å². The summed E-state index contributed by atoms with van der Waals surface area (Å²) in [6.07, 6.45) is 3.50. The van der Waals surface area contributed by atoms with Gasteiger partial charge in [0.2, 0.25) is 0 Å². The summed E-state index contributed by atoms with van der Waals surface area (Å²) in [4.78, 5) is 0. The SMILES string of the molecule is COC1(C(N)C2CC2)CCOC1. The second kappa shape index (κ2) is 2.98. The first-order valence-electron chi connectivity index (χ1n) is 4.67. The molecule has 1 aliphatic heterocycles. The highest BCUT2D eigenvalue weighted by Gasteiger charge is 2.47. The van der Waals surface area contributed by atoms with Crippen molar-refractivity contribution in [3.8, 4) is 0 Å². The van der Waals surface area contributed by atoms with E-state index >= 15 is 0 Å². The van der Waals surface area contributed by atoms with Gasteiger partial charge >= 0.3 is 0 Å². The Morgan fingerprint density at radius 1 is 1.58 bits per heavy atom. The number of hydrogen-bond acceptors (Lipinski definition) is 3. The van der Waals surface area contributed by atoms with Gasteiger partial charge in [-0.1, -0.05) is 0 Å². The molecule has 2 rings (SSSR count). The average molecular weight is 171 g/mol. The molecule has 0 radical (unpaired) electrons. The van der Waals surface area contributed by atoms with Gasteiger partial charge in [-0.3, -0.25) is 0 Å². The molecular weight excluding hydrogens is 154 g/mol. The van der Waals surface area contributed by atoms with E-state index in [0.717, 1.165) is 13.0 Å². The standard InChI is InChI=1S/C9H17NO2/c1-11-9(4-5-12-6-9)8(10)7-2-3-7/h7-8H,2-6,10H2,1H3. The molecule has 1 aliphatic carbocycles. The number of rotatable bonds is 3. The molecule has 3 heteroatoms. The zero-order valence-electron chi connectivity index (χ0n) is 7.58. The molecule has 2 fully saturated rings. The second-order valence-electron chi connectivity index (χ2n) is 3.93. The molecular formula is C9H17NO2. The fourth-order valence-corrected chi connectivity index (χ4v) is 2.01. The molecule has 0 aromatic heterocycles. The predicted octanol–water partition coefficient (Wildman–Crippen LogP) is 0.529. The van der Waals surface area contributed by atoms with Gasteiger partial charge in [0.15, 0.2) is 0 Å². The van der Waals surface area contributed by atoms with Crippen molar-refractivity contribution in [3.63, 3.8) is 0 Å². The number of methoxy groups -OCH3 is 1. The Hall–Kier alpha value is -0.120. The van der Waals surface area contributed by atoms with Crippen molar-refractivity contribution in [1.29, 1.82) is 0 Å². The van der Waals surface area contributed by atoms with Crippen molar-refractivity contribution < 1.29 is 9.47 Å². The van der Waals surface area contributed by atoms with Crippen LogP contribution in [0.1, 0.15) is 19.3 Å². The normalized spacial score (nSPS) is 38.5.